The van der Waals surface area contributed by atoms with E-state index in [-0.39, 0.29) is 48.1 Å². The Hall–Kier alpha value is -4.37. The summed E-state index contributed by atoms with van der Waals surface area (Å²) in [5, 5.41) is 6.61. The number of pyridine rings is 1. The maximum absolute atomic E-state index is 14.1. The zero-order chi connectivity index (χ0) is 30.6. The van der Waals surface area contributed by atoms with Crippen molar-refractivity contribution in [1.29, 1.82) is 0 Å². The molecule has 43 heavy (non-hydrogen) atoms. The zero-order valence-electron chi connectivity index (χ0n) is 23.3. The van der Waals surface area contributed by atoms with Crippen LogP contribution in [0, 0.1) is 0 Å². The number of morpholine rings is 1. The molecule has 1 N–H and O–H groups in total. The monoisotopic (exact) mass is 600 g/mol. The first-order valence-corrected chi connectivity index (χ1v) is 13.8. The van der Waals surface area contributed by atoms with Crippen molar-refractivity contribution >= 4 is 35.3 Å². The second kappa shape index (κ2) is 12.9. The highest BCUT2D eigenvalue weighted by molar-refractivity contribution is 5.92. The van der Waals surface area contributed by atoms with Crippen LogP contribution in [0.2, 0.25) is 0 Å². The zero-order valence-corrected chi connectivity index (χ0v) is 23.3. The van der Waals surface area contributed by atoms with E-state index in [0.717, 1.165) is 17.8 Å². The van der Waals surface area contributed by atoms with Gasteiger partial charge in [0.1, 0.15) is 11.3 Å². The van der Waals surface area contributed by atoms with Crippen molar-refractivity contribution in [2.24, 2.45) is 0 Å². The number of ether oxygens (including phenoxy) is 1. The fourth-order valence-electron chi connectivity index (χ4n) is 5.16. The van der Waals surface area contributed by atoms with Crippen LogP contribution in [-0.4, -0.2) is 100.0 Å². The first kappa shape index (κ1) is 30.1. The van der Waals surface area contributed by atoms with Crippen LogP contribution < -0.4 is 10.2 Å². The molecule has 0 bridgehead atoms. The summed E-state index contributed by atoms with van der Waals surface area (Å²) in [6.07, 6.45) is -0.185. The summed E-state index contributed by atoms with van der Waals surface area (Å²) in [4.78, 5) is 49.2. The molecule has 3 aromatic rings. The highest BCUT2D eigenvalue weighted by Crippen LogP contribution is 2.37. The standard InChI is InChI=1S/C28H31F3N8O4/c1-2-20(41)3-4-25(42)37-7-5-36(6-8-37)16-19-13-23-27(38-9-11-43-12-10-38)34-26(35-39(23)17-19)21-15-32-24(33-18-40)14-22(21)28(29,30)31/h2,13-15,17-18H,1,3-12,16H2,(H,32,33,40). The fourth-order valence-corrected chi connectivity index (χ4v) is 5.16. The molecule has 12 nitrogen and oxygen atoms in total. The molecule has 5 heterocycles. The maximum atomic E-state index is 14.1. The highest BCUT2D eigenvalue weighted by atomic mass is 19.4. The molecular weight excluding hydrogens is 569 g/mol. The average Bonchev–Trinajstić information content (AvgIpc) is 3.42. The molecule has 5 rings (SSSR count). The lowest BCUT2D eigenvalue weighted by Gasteiger charge is -2.34. The molecule has 0 radical (unpaired) electrons. The number of piperazine rings is 1. The van der Waals surface area contributed by atoms with E-state index in [9.17, 15) is 27.6 Å². The molecule has 2 amide bonds. The van der Waals surface area contributed by atoms with Gasteiger partial charge in [-0.05, 0) is 23.8 Å². The largest absolute Gasteiger partial charge is 0.417 e. The average molecular weight is 601 g/mol. The number of carbonyl (C=O) groups excluding carboxylic acids is 3. The molecule has 2 fully saturated rings. The summed E-state index contributed by atoms with van der Waals surface area (Å²) in [5.41, 5.74) is 0.193. The summed E-state index contributed by atoms with van der Waals surface area (Å²) >= 11 is 0. The first-order valence-electron chi connectivity index (χ1n) is 13.8. The van der Waals surface area contributed by atoms with E-state index < -0.39 is 11.7 Å². The molecule has 0 saturated carbocycles. The van der Waals surface area contributed by atoms with Crippen molar-refractivity contribution < 1.29 is 32.3 Å². The van der Waals surface area contributed by atoms with Gasteiger partial charge in [-0.15, -0.1) is 5.10 Å². The number of nitrogens with one attached hydrogen (secondary N) is 1. The second-order valence-corrected chi connectivity index (χ2v) is 10.2. The molecule has 0 spiro atoms. The molecule has 15 heteroatoms. The lowest BCUT2D eigenvalue weighted by molar-refractivity contribution is -0.137. The third-order valence-electron chi connectivity index (χ3n) is 7.41. The van der Waals surface area contributed by atoms with Crippen LogP contribution in [0.25, 0.3) is 16.9 Å². The Bertz CT molecular complexity index is 1510. The van der Waals surface area contributed by atoms with Crippen LogP contribution in [0.5, 0.6) is 0 Å². The van der Waals surface area contributed by atoms with E-state index in [0.29, 0.717) is 70.4 Å². The normalized spacial score (nSPS) is 16.3. The number of anilines is 2. The number of amides is 2. The Morgan fingerprint density at radius 1 is 1.07 bits per heavy atom. The van der Waals surface area contributed by atoms with Gasteiger partial charge in [0.2, 0.25) is 12.3 Å². The minimum absolute atomic E-state index is 0.0647. The highest BCUT2D eigenvalue weighted by Gasteiger charge is 2.36. The number of hydrogen-bond acceptors (Lipinski definition) is 9. The topological polar surface area (TPSA) is 125 Å². The van der Waals surface area contributed by atoms with Crippen molar-refractivity contribution in [3.63, 3.8) is 0 Å². The minimum atomic E-state index is -4.75. The number of hydrogen-bond donors (Lipinski definition) is 1. The molecule has 0 unspecified atom stereocenters. The Balaban J connectivity index is 1.41. The van der Waals surface area contributed by atoms with Gasteiger partial charge in [-0.25, -0.2) is 14.5 Å². The Kier molecular flexibility index (Phi) is 9.01. The SMILES string of the molecule is C=CC(=O)CCC(=O)N1CCN(Cc2cc3c(N4CCOCC4)nc(-c4cnc(NC=O)cc4C(F)(F)F)nn3c2)CC1. The van der Waals surface area contributed by atoms with Crippen LogP contribution >= 0.6 is 0 Å². The van der Waals surface area contributed by atoms with Crippen LogP contribution in [-0.2, 0) is 31.8 Å². The molecule has 2 aliphatic rings. The van der Waals surface area contributed by atoms with E-state index >= 15 is 0 Å². The van der Waals surface area contributed by atoms with Gasteiger partial charge < -0.3 is 19.9 Å². The third-order valence-corrected chi connectivity index (χ3v) is 7.41. The lowest BCUT2D eigenvalue weighted by Crippen LogP contribution is -2.48. The van der Waals surface area contributed by atoms with E-state index in [1.165, 1.54) is 10.6 Å². The van der Waals surface area contributed by atoms with Gasteiger partial charge in [0.25, 0.3) is 0 Å². The minimum Gasteiger partial charge on any atom is -0.378 e. The molecule has 0 atom stereocenters. The maximum Gasteiger partial charge on any atom is 0.417 e. The summed E-state index contributed by atoms with van der Waals surface area (Å²) in [7, 11) is 0. The van der Waals surface area contributed by atoms with Crippen molar-refractivity contribution in [2.75, 3.05) is 62.7 Å². The smallest absolute Gasteiger partial charge is 0.378 e. The summed E-state index contributed by atoms with van der Waals surface area (Å²) in [6, 6.07) is 2.68. The molecule has 3 aromatic heterocycles. The van der Waals surface area contributed by atoms with Crippen molar-refractivity contribution in [1.82, 2.24) is 29.4 Å². The van der Waals surface area contributed by atoms with E-state index in [2.05, 4.69) is 31.9 Å². The molecule has 0 aliphatic carbocycles. The van der Waals surface area contributed by atoms with Gasteiger partial charge in [-0.2, -0.15) is 13.2 Å². The number of rotatable bonds is 10. The van der Waals surface area contributed by atoms with Gasteiger partial charge in [0.15, 0.2) is 17.4 Å². The summed E-state index contributed by atoms with van der Waals surface area (Å²) in [5.74, 6) is -0.142. The van der Waals surface area contributed by atoms with Crippen molar-refractivity contribution in [3.8, 4) is 11.4 Å². The number of allylic oxidation sites excluding steroid dienone is 1. The van der Waals surface area contributed by atoms with Gasteiger partial charge >= 0.3 is 6.18 Å². The molecule has 0 aromatic carbocycles. The van der Waals surface area contributed by atoms with Crippen molar-refractivity contribution in [2.45, 2.75) is 25.6 Å². The van der Waals surface area contributed by atoms with Crippen LogP contribution in [0.15, 0.2) is 37.2 Å². The predicted molar refractivity (Wildman–Crippen MR) is 150 cm³/mol. The molecule has 2 saturated heterocycles. The lowest BCUT2D eigenvalue weighted by atomic mass is 10.1. The summed E-state index contributed by atoms with van der Waals surface area (Å²) < 4.78 is 49.2. The fraction of sp³-hybridized carbons (Fsp3) is 0.429. The Morgan fingerprint density at radius 3 is 2.49 bits per heavy atom. The van der Waals surface area contributed by atoms with E-state index in [1.54, 1.807) is 11.1 Å². The van der Waals surface area contributed by atoms with Gasteiger partial charge in [0, 0.05) is 71.0 Å². The Morgan fingerprint density at radius 2 is 1.81 bits per heavy atom. The third kappa shape index (κ3) is 7.00. The van der Waals surface area contributed by atoms with Gasteiger partial charge in [-0.1, -0.05) is 6.58 Å². The molecule has 228 valence electrons. The predicted octanol–water partition coefficient (Wildman–Crippen LogP) is 2.39. The first-order chi connectivity index (χ1) is 20.7. The number of fused-ring (bicyclic) bond motifs is 1. The number of carbonyl (C=O) groups is 3. The number of aromatic nitrogens is 4. The van der Waals surface area contributed by atoms with Crippen molar-refractivity contribution in [3.05, 3.63) is 48.3 Å². The molecule has 2 aliphatic heterocycles. The number of ketones is 1. The molecular formula is C28H31F3N8O4. The van der Waals surface area contributed by atoms with E-state index in [1.807, 2.05) is 11.0 Å². The van der Waals surface area contributed by atoms with Gasteiger partial charge in [-0.3, -0.25) is 19.3 Å². The number of halogens is 3. The quantitative estimate of drug-likeness (QED) is 0.276. The number of nitrogens with zero attached hydrogens (tertiary/aromatic N) is 7. The van der Waals surface area contributed by atoms with Crippen LogP contribution in [0.1, 0.15) is 24.0 Å². The Labute approximate surface area is 245 Å². The van der Waals surface area contributed by atoms with Gasteiger partial charge in [0.05, 0.1) is 24.3 Å². The van der Waals surface area contributed by atoms with Crippen LogP contribution in [0.4, 0.5) is 24.8 Å². The second-order valence-electron chi connectivity index (χ2n) is 10.2. The number of alkyl halides is 3. The summed E-state index contributed by atoms with van der Waals surface area (Å²) in [6.45, 7) is 8.20. The van der Waals surface area contributed by atoms with E-state index in [4.69, 9.17) is 4.74 Å². The van der Waals surface area contributed by atoms with Crippen LogP contribution in [0.3, 0.4) is 0 Å².